The number of hydrogen-bond donors (Lipinski definition) is 1. The van der Waals surface area contributed by atoms with Crippen LogP contribution in [0.15, 0.2) is 107 Å². The quantitative estimate of drug-likeness (QED) is 0.190. The second-order valence-corrected chi connectivity index (χ2v) is 10.8. The standard InChI is InChI=1S/C31H31N3O6S/c1-23-13-16-27(17-14-23)41(36,37)34(28-19-26(38-2)15-18-30(28)39-3)21-31(35)33-32-20-25-11-7-8-12-29(25)40-22-24-9-5-4-6-10-24/h4-20H,21-22H2,1-3H3,(H,33,35)/b32-20-. The number of rotatable bonds is 12. The van der Waals surface area contributed by atoms with Crippen LogP contribution >= 0.6 is 0 Å². The second kappa shape index (κ2) is 13.5. The molecule has 1 amide bonds. The minimum atomic E-state index is -4.18. The molecule has 0 aromatic heterocycles. The van der Waals surface area contributed by atoms with Crippen molar-refractivity contribution >= 4 is 27.8 Å². The van der Waals surface area contributed by atoms with Crippen molar-refractivity contribution in [1.82, 2.24) is 5.43 Å². The highest BCUT2D eigenvalue weighted by atomic mass is 32.2. The molecule has 0 aliphatic heterocycles. The third kappa shape index (κ3) is 7.43. The van der Waals surface area contributed by atoms with Crippen molar-refractivity contribution in [1.29, 1.82) is 0 Å². The van der Waals surface area contributed by atoms with Crippen LogP contribution in [0.25, 0.3) is 0 Å². The van der Waals surface area contributed by atoms with Crippen LogP contribution in [0.4, 0.5) is 5.69 Å². The van der Waals surface area contributed by atoms with E-state index in [9.17, 15) is 13.2 Å². The molecular formula is C31H31N3O6S. The summed E-state index contributed by atoms with van der Waals surface area (Å²) in [6.07, 6.45) is 1.45. The number of aryl methyl sites for hydroxylation is 1. The zero-order chi connectivity index (χ0) is 29.2. The number of carbonyl (C=O) groups is 1. The van der Waals surface area contributed by atoms with Gasteiger partial charge in [0.1, 0.15) is 30.4 Å². The Bertz CT molecular complexity index is 1610. The van der Waals surface area contributed by atoms with Crippen molar-refractivity contribution in [2.24, 2.45) is 5.10 Å². The largest absolute Gasteiger partial charge is 0.497 e. The van der Waals surface area contributed by atoms with Crippen LogP contribution in [0.3, 0.4) is 0 Å². The van der Waals surface area contributed by atoms with Gasteiger partial charge in [-0.15, -0.1) is 0 Å². The maximum absolute atomic E-state index is 13.8. The smallest absolute Gasteiger partial charge is 0.264 e. The van der Waals surface area contributed by atoms with Crippen molar-refractivity contribution in [2.45, 2.75) is 18.4 Å². The van der Waals surface area contributed by atoms with Crippen LogP contribution < -0.4 is 23.9 Å². The molecule has 0 radical (unpaired) electrons. The van der Waals surface area contributed by atoms with E-state index < -0.39 is 22.5 Å². The number of nitrogens with zero attached hydrogens (tertiary/aromatic N) is 2. The highest BCUT2D eigenvalue weighted by molar-refractivity contribution is 7.92. The molecule has 4 aromatic rings. The molecule has 9 nitrogen and oxygen atoms in total. The lowest BCUT2D eigenvalue weighted by Gasteiger charge is -2.25. The lowest BCUT2D eigenvalue weighted by Crippen LogP contribution is -2.39. The van der Waals surface area contributed by atoms with Gasteiger partial charge in [-0.2, -0.15) is 5.10 Å². The van der Waals surface area contributed by atoms with E-state index in [4.69, 9.17) is 14.2 Å². The van der Waals surface area contributed by atoms with Gasteiger partial charge in [-0.1, -0.05) is 60.2 Å². The van der Waals surface area contributed by atoms with E-state index in [0.29, 0.717) is 23.7 Å². The minimum Gasteiger partial charge on any atom is -0.497 e. The fourth-order valence-electron chi connectivity index (χ4n) is 3.92. The SMILES string of the molecule is COc1ccc(OC)c(N(CC(=O)N/N=C\c2ccccc2OCc2ccccc2)S(=O)(=O)c2ccc(C)cc2)c1. The van der Waals surface area contributed by atoms with Gasteiger partial charge in [0.15, 0.2) is 0 Å². The van der Waals surface area contributed by atoms with Crippen molar-refractivity contribution < 1.29 is 27.4 Å². The van der Waals surface area contributed by atoms with Crippen LogP contribution in [0.2, 0.25) is 0 Å². The summed E-state index contributed by atoms with van der Waals surface area (Å²) in [6, 6.07) is 28.1. The Balaban J connectivity index is 1.56. The molecule has 4 rings (SSSR count). The van der Waals surface area contributed by atoms with Gasteiger partial charge in [0.05, 0.1) is 31.0 Å². The number of ether oxygens (including phenoxy) is 3. The first-order chi connectivity index (χ1) is 19.8. The van der Waals surface area contributed by atoms with Gasteiger partial charge in [0.2, 0.25) is 0 Å². The summed E-state index contributed by atoms with van der Waals surface area (Å²) in [4.78, 5) is 13.1. The van der Waals surface area contributed by atoms with E-state index in [0.717, 1.165) is 15.4 Å². The molecule has 0 saturated heterocycles. The third-order valence-electron chi connectivity index (χ3n) is 6.10. The Hall–Kier alpha value is -4.83. The third-order valence-corrected chi connectivity index (χ3v) is 7.87. The summed E-state index contributed by atoms with van der Waals surface area (Å²) >= 11 is 0. The molecule has 10 heteroatoms. The van der Waals surface area contributed by atoms with Gasteiger partial charge in [0, 0.05) is 11.6 Å². The van der Waals surface area contributed by atoms with Gasteiger partial charge < -0.3 is 14.2 Å². The molecule has 41 heavy (non-hydrogen) atoms. The number of benzene rings is 4. The summed E-state index contributed by atoms with van der Waals surface area (Å²) in [5.74, 6) is 0.571. The number of anilines is 1. The molecule has 0 bridgehead atoms. The van der Waals surface area contributed by atoms with E-state index in [1.54, 1.807) is 36.4 Å². The average molecular weight is 574 g/mol. The van der Waals surface area contributed by atoms with E-state index >= 15 is 0 Å². The number of carbonyl (C=O) groups excluding carboxylic acids is 1. The first-order valence-electron chi connectivity index (χ1n) is 12.7. The predicted octanol–water partition coefficient (Wildman–Crippen LogP) is 4.94. The lowest BCUT2D eigenvalue weighted by atomic mass is 10.2. The number of para-hydroxylation sites is 1. The Kier molecular flexibility index (Phi) is 9.60. The summed E-state index contributed by atoms with van der Waals surface area (Å²) < 4.78 is 45.2. The fourth-order valence-corrected chi connectivity index (χ4v) is 5.35. The monoisotopic (exact) mass is 573 g/mol. The normalized spacial score (nSPS) is 11.2. The van der Waals surface area contributed by atoms with E-state index in [1.165, 1.54) is 38.6 Å². The maximum atomic E-state index is 13.8. The molecule has 0 spiro atoms. The zero-order valence-electron chi connectivity index (χ0n) is 23.0. The molecular weight excluding hydrogens is 542 g/mol. The molecule has 0 atom stereocenters. The number of methoxy groups -OCH3 is 2. The molecule has 0 aliphatic rings. The molecule has 212 valence electrons. The summed E-state index contributed by atoms with van der Waals surface area (Å²) in [6.45, 7) is 1.66. The summed E-state index contributed by atoms with van der Waals surface area (Å²) in [7, 11) is -1.29. The lowest BCUT2D eigenvalue weighted by molar-refractivity contribution is -0.119. The number of amides is 1. The average Bonchev–Trinajstić information content (AvgIpc) is 2.99. The molecule has 0 aliphatic carbocycles. The number of sulfonamides is 1. The van der Waals surface area contributed by atoms with E-state index in [2.05, 4.69) is 10.5 Å². The zero-order valence-corrected chi connectivity index (χ0v) is 23.8. The van der Waals surface area contributed by atoms with Crippen molar-refractivity contribution in [3.63, 3.8) is 0 Å². The molecule has 0 unspecified atom stereocenters. The van der Waals surface area contributed by atoms with Gasteiger partial charge in [0.25, 0.3) is 15.9 Å². The van der Waals surface area contributed by atoms with Gasteiger partial charge in [-0.3, -0.25) is 9.10 Å². The molecule has 0 fully saturated rings. The predicted molar refractivity (Wildman–Crippen MR) is 158 cm³/mol. The minimum absolute atomic E-state index is 0.0220. The Morgan fingerprint density at radius 3 is 2.29 bits per heavy atom. The topological polar surface area (TPSA) is 107 Å². The first kappa shape index (κ1) is 29.2. The molecule has 0 saturated carbocycles. The van der Waals surface area contributed by atoms with Gasteiger partial charge in [-0.25, -0.2) is 13.8 Å². The second-order valence-electron chi connectivity index (χ2n) is 8.97. The number of hydrogen-bond acceptors (Lipinski definition) is 7. The van der Waals surface area contributed by atoms with Gasteiger partial charge >= 0.3 is 0 Å². The van der Waals surface area contributed by atoms with E-state index in [1.807, 2.05) is 49.4 Å². The fraction of sp³-hybridized carbons (Fsp3) is 0.161. The van der Waals surface area contributed by atoms with Crippen molar-refractivity contribution in [3.8, 4) is 17.2 Å². The molecule has 4 aromatic carbocycles. The van der Waals surface area contributed by atoms with Crippen LogP contribution in [-0.4, -0.2) is 41.3 Å². The Morgan fingerprint density at radius 1 is 0.878 bits per heavy atom. The molecule has 0 heterocycles. The Labute approximate surface area is 240 Å². The van der Waals surface area contributed by atoms with Crippen LogP contribution in [0, 0.1) is 6.92 Å². The first-order valence-corrected chi connectivity index (χ1v) is 14.1. The number of hydrazone groups is 1. The van der Waals surface area contributed by atoms with E-state index in [-0.39, 0.29) is 16.3 Å². The maximum Gasteiger partial charge on any atom is 0.264 e. The van der Waals surface area contributed by atoms with Crippen LogP contribution in [-0.2, 0) is 21.4 Å². The Morgan fingerprint density at radius 2 is 1.59 bits per heavy atom. The van der Waals surface area contributed by atoms with Crippen molar-refractivity contribution in [2.75, 3.05) is 25.1 Å². The highest BCUT2D eigenvalue weighted by Crippen LogP contribution is 2.35. The van der Waals surface area contributed by atoms with Crippen LogP contribution in [0.5, 0.6) is 17.2 Å². The molecule has 1 N–H and O–H groups in total. The number of nitrogens with one attached hydrogen (secondary N) is 1. The van der Waals surface area contributed by atoms with Gasteiger partial charge in [-0.05, 0) is 48.9 Å². The summed E-state index contributed by atoms with van der Waals surface area (Å²) in [5.41, 5.74) is 5.12. The van der Waals surface area contributed by atoms with Crippen LogP contribution in [0.1, 0.15) is 16.7 Å². The van der Waals surface area contributed by atoms with Crippen molar-refractivity contribution in [3.05, 3.63) is 114 Å². The highest BCUT2D eigenvalue weighted by Gasteiger charge is 2.30. The summed E-state index contributed by atoms with van der Waals surface area (Å²) in [5, 5.41) is 4.06.